The van der Waals surface area contributed by atoms with Gasteiger partial charge in [0.15, 0.2) is 0 Å². The van der Waals surface area contributed by atoms with Gasteiger partial charge in [0.2, 0.25) is 8.07 Å². The van der Waals surface area contributed by atoms with Crippen LogP contribution in [0.5, 0.6) is 5.75 Å². The highest BCUT2D eigenvalue weighted by molar-refractivity contribution is 7.26. The molecular weight excluding hydrogens is 304 g/mol. The highest BCUT2D eigenvalue weighted by Gasteiger charge is 2.40. The molecule has 108 valence electrons. The maximum atomic E-state index is 12.6. The number of carbonyl (C=O) groups is 2. The van der Waals surface area contributed by atoms with E-state index in [1.807, 2.05) is 0 Å². The fourth-order valence-corrected chi connectivity index (χ4v) is 4.15. The Kier molecular flexibility index (Phi) is 4.30. The monoisotopic (exact) mass is 318 g/mol. The van der Waals surface area contributed by atoms with E-state index in [4.69, 9.17) is 11.6 Å². The second-order valence-corrected chi connectivity index (χ2v) is 9.93. The van der Waals surface area contributed by atoms with Gasteiger partial charge in [-0.3, -0.25) is 9.59 Å². The number of phenolic OH excluding ortho intramolecular Hbond substituents is 1. The van der Waals surface area contributed by atoms with Gasteiger partial charge < -0.3 is 5.11 Å². The molecule has 0 aliphatic heterocycles. The first-order chi connectivity index (χ1) is 9.82. The fraction of sp³-hybridized carbons (Fsp3) is 0.125. The first-order valence-corrected chi connectivity index (χ1v) is 9.84. The first kappa shape index (κ1) is 15.5. The molecule has 0 aromatic heterocycles. The number of halogens is 1. The van der Waals surface area contributed by atoms with Gasteiger partial charge in [-0.05, 0) is 36.4 Å². The summed E-state index contributed by atoms with van der Waals surface area (Å²) < 4.78 is 0. The zero-order valence-electron chi connectivity index (χ0n) is 11.8. The van der Waals surface area contributed by atoms with E-state index in [2.05, 4.69) is 0 Å². The van der Waals surface area contributed by atoms with Gasteiger partial charge in [0.25, 0.3) is 0 Å². The second-order valence-electron chi connectivity index (χ2n) is 5.34. The van der Waals surface area contributed by atoms with E-state index in [1.165, 1.54) is 12.1 Å². The molecule has 5 heteroatoms. The normalized spacial score (nSPS) is 11.2. The molecule has 2 aromatic carbocycles. The molecule has 21 heavy (non-hydrogen) atoms. The Balaban J connectivity index is 2.32. The largest absolute Gasteiger partial charge is 0.508 e. The van der Waals surface area contributed by atoms with Crippen molar-refractivity contribution in [1.29, 1.82) is 0 Å². The molecule has 0 unspecified atom stereocenters. The van der Waals surface area contributed by atoms with Crippen molar-refractivity contribution < 1.29 is 14.7 Å². The molecule has 2 aromatic rings. The molecule has 0 aliphatic carbocycles. The number of hydrogen-bond acceptors (Lipinski definition) is 3. The second kappa shape index (κ2) is 5.83. The van der Waals surface area contributed by atoms with Crippen LogP contribution >= 0.6 is 11.6 Å². The summed E-state index contributed by atoms with van der Waals surface area (Å²) in [6, 6.07) is 12.6. The van der Waals surface area contributed by atoms with Crippen LogP contribution in [0.15, 0.2) is 48.5 Å². The molecule has 2 rings (SSSR count). The summed E-state index contributed by atoms with van der Waals surface area (Å²) in [6.07, 6.45) is 0. The van der Waals surface area contributed by atoms with Crippen LogP contribution < -0.4 is 0 Å². The Hall–Kier alpha value is -1.91. The maximum absolute atomic E-state index is 12.6. The van der Waals surface area contributed by atoms with Crippen LogP contribution in [-0.2, 0) is 0 Å². The van der Waals surface area contributed by atoms with Crippen molar-refractivity contribution in [3.05, 3.63) is 64.7 Å². The molecule has 0 amide bonds. The van der Waals surface area contributed by atoms with E-state index < -0.39 is 8.07 Å². The van der Waals surface area contributed by atoms with Crippen LogP contribution in [-0.4, -0.2) is 24.0 Å². The van der Waals surface area contributed by atoms with Crippen LogP contribution in [0.3, 0.4) is 0 Å². The van der Waals surface area contributed by atoms with Gasteiger partial charge in [-0.2, -0.15) is 0 Å². The van der Waals surface area contributed by atoms with E-state index in [1.54, 1.807) is 49.5 Å². The van der Waals surface area contributed by atoms with Crippen molar-refractivity contribution >= 4 is 30.5 Å². The summed E-state index contributed by atoms with van der Waals surface area (Å²) in [5.41, 5.74) is 0.954. The summed E-state index contributed by atoms with van der Waals surface area (Å²) >= 11 is 5.81. The average molecular weight is 319 g/mol. The van der Waals surface area contributed by atoms with E-state index in [9.17, 15) is 14.7 Å². The summed E-state index contributed by atoms with van der Waals surface area (Å²) in [6.45, 7) is 3.47. The first-order valence-electron chi connectivity index (χ1n) is 6.46. The van der Waals surface area contributed by atoms with Gasteiger partial charge in [-0.1, -0.05) is 36.8 Å². The van der Waals surface area contributed by atoms with Crippen LogP contribution in [0.1, 0.15) is 20.7 Å². The third-order valence-corrected chi connectivity index (χ3v) is 6.47. The van der Waals surface area contributed by atoms with Gasteiger partial charge in [0, 0.05) is 16.1 Å². The number of hydrogen-bond donors (Lipinski definition) is 1. The minimum absolute atomic E-state index is 0.0926. The highest BCUT2D eigenvalue weighted by Crippen LogP contribution is 2.20. The molecule has 0 aliphatic rings. The summed E-state index contributed by atoms with van der Waals surface area (Å²) in [4.78, 5) is 25.2. The average Bonchev–Trinajstić information content (AvgIpc) is 2.47. The Morgan fingerprint density at radius 3 is 1.67 bits per heavy atom. The van der Waals surface area contributed by atoms with E-state index in [-0.39, 0.29) is 16.6 Å². The molecule has 1 N–H and O–H groups in total. The summed E-state index contributed by atoms with van der Waals surface area (Å²) in [5.74, 6) is 0.0926. The lowest BCUT2D eigenvalue weighted by Crippen LogP contribution is -2.46. The lowest BCUT2D eigenvalue weighted by molar-refractivity contribution is 0.102. The fourth-order valence-electron chi connectivity index (χ4n) is 2.04. The Labute approximate surface area is 129 Å². The third-order valence-electron chi connectivity index (χ3n) is 3.37. The predicted octanol–water partition coefficient (Wildman–Crippen LogP) is 3.90. The number of benzene rings is 2. The van der Waals surface area contributed by atoms with E-state index >= 15 is 0 Å². The molecule has 0 saturated heterocycles. The molecule has 0 bridgehead atoms. The van der Waals surface area contributed by atoms with Crippen molar-refractivity contribution in [3.63, 3.8) is 0 Å². The SMILES string of the molecule is C[Si](C)(C(=O)c1ccc(O)cc1)C(=O)c1ccc(Cl)cc1. The Bertz CT molecular complexity index is 616. The maximum Gasteiger partial charge on any atom is 0.214 e. The highest BCUT2D eigenvalue weighted by atomic mass is 35.5. The van der Waals surface area contributed by atoms with E-state index in [0.717, 1.165) is 0 Å². The predicted molar refractivity (Wildman–Crippen MR) is 85.7 cm³/mol. The van der Waals surface area contributed by atoms with Crippen molar-refractivity contribution in [2.24, 2.45) is 0 Å². The summed E-state index contributed by atoms with van der Waals surface area (Å²) in [5, 5.41) is 9.55. The number of rotatable bonds is 4. The zero-order chi connectivity index (χ0) is 15.6. The van der Waals surface area contributed by atoms with Crippen molar-refractivity contribution in [2.45, 2.75) is 13.1 Å². The Morgan fingerprint density at radius 1 is 0.857 bits per heavy atom. The van der Waals surface area contributed by atoms with Crippen LogP contribution in [0.2, 0.25) is 18.1 Å². The molecular formula is C16H15ClO3Si. The van der Waals surface area contributed by atoms with E-state index in [0.29, 0.717) is 16.1 Å². The number of phenols is 1. The van der Waals surface area contributed by atoms with Gasteiger partial charge >= 0.3 is 0 Å². The van der Waals surface area contributed by atoms with Crippen molar-refractivity contribution in [1.82, 2.24) is 0 Å². The van der Waals surface area contributed by atoms with Gasteiger partial charge in [0.05, 0.1) is 0 Å². The quantitative estimate of drug-likeness (QED) is 0.870. The topological polar surface area (TPSA) is 54.4 Å². The zero-order valence-corrected chi connectivity index (χ0v) is 13.5. The molecule has 0 heterocycles. The van der Waals surface area contributed by atoms with Crippen LogP contribution in [0.25, 0.3) is 0 Å². The molecule has 0 spiro atoms. The minimum Gasteiger partial charge on any atom is -0.508 e. The van der Waals surface area contributed by atoms with Crippen molar-refractivity contribution in [3.8, 4) is 5.75 Å². The van der Waals surface area contributed by atoms with Crippen LogP contribution in [0.4, 0.5) is 0 Å². The Morgan fingerprint density at radius 2 is 1.24 bits per heavy atom. The molecule has 0 radical (unpaired) electrons. The lowest BCUT2D eigenvalue weighted by Gasteiger charge is -2.19. The van der Waals surface area contributed by atoms with Gasteiger partial charge in [0.1, 0.15) is 16.6 Å². The third kappa shape index (κ3) is 3.23. The van der Waals surface area contributed by atoms with Gasteiger partial charge in [-0.25, -0.2) is 0 Å². The minimum atomic E-state index is -2.83. The van der Waals surface area contributed by atoms with Crippen molar-refractivity contribution in [2.75, 3.05) is 0 Å². The number of carbonyl (C=O) groups excluding carboxylic acids is 2. The number of aromatic hydroxyl groups is 1. The van der Waals surface area contributed by atoms with Crippen LogP contribution in [0, 0.1) is 0 Å². The molecule has 3 nitrogen and oxygen atoms in total. The van der Waals surface area contributed by atoms with Gasteiger partial charge in [-0.15, -0.1) is 0 Å². The summed E-state index contributed by atoms with van der Waals surface area (Å²) in [7, 11) is -2.83. The molecule has 0 fully saturated rings. The molecule has 0 saturated carbocycles. The molecule has 0 atom stereocenters. The lowest BCUT2D eigenvalue weighted by atomic mass is 10.2. The standard InChI is InChI=1S/C16H15ClO3Si/c1-21(2,15(19)11-3-7-13(17)8-4-11)16(20)12-5-9-14(18)10-6-12/h3-10,18H,1-2H3. The smallest absolute Gasteiger partial charge is 0.214 e.